The number of carbonyl (C=O) groups excluding carboxylic acids is 1. The number of hydrogen-bond acceptors (Lipinski definition) is 2. The van der Waals surface area contributed by atoms with Crippen molar-refractivity contribution in [2.75, 3.05) is 0 Å². The first-order chi connectivity index (χ1) is 13.9. The Balaban J connectivity index is 1.73. The monoisotopic (exact) mass is 548 g/mol. The van der Waals surface area contributed by atoms with E-state index in [1.165, 1.54) is 24.3 Å². The predicted molar refractivity (Wildman–Crippen MR) is 113 cm³/mol. The average molecular weight is 550 g/mol. The van der Waals surface area contributed by atoms with E-state index in [4.69, 9.17) is 4.74 Å². The van der Waals surface area contributed by atoms with Crippen molar-refractivity contribution in [2.45, 2.75) is 26.6 Å². The highest BCUT2D eigenvalue weighted by atomic mass is 79.9. The highest BCUT2D eigenvalue weighted by Crippen LogP contribution is 2.60. The van der Waals surface area contributed by atoms with Crippen LogP contribution in [0.2, 0.25) is 0 Å². The first-order valence-electron chi connectivity index (χ1n) is 9.07. The van der Waals surface area contributed by atoms with E-state index in [-0.39, 0.29) is 35.0 Å². The van der Waals surface area contributed by atoms with Crippen LogP contribution in [-0.2, 0) is 22.3 Å². The molecule has 0 spiro atoms. The van der Waals surface area contributed by atoms with Crippen LogP contribution in [0.15, 0.2) is 51.9 Å². The van der Waals surface area contributed by atoms with Gasteiger partial charge < -0.3 is 4.74 Å². The van der Waals surface area contributed by atoms with Gasteiger partial charge in [0, 0.05) is 11.1 Å². The van der Waals surface area contributed by atoms with Gasteiger partial charge in [0.1, 0.15) is 12.4 Å². The first kappa shape index (κ1) is 23.0. The third-order valence-electron chi connectivity index (χ3n) is 5.44. The highest BCUT2D eigenvalue weighted by molar-refractivity contribution is 9.28. The Morgan fingerprint density at radius 3 is 2.33 bits per heavy atom. The number of esters is 1. The standard InChI is InChI=1S/C22H18Br2F4O2/c1-21(2)16(10-17(23)24)18(21)20(29)30-11-13-4-3-5-15(19(13)25)12-6-8-14(9-7-12)22(26,27)28/h3-10,16,18H,11H2,1-2H3/t16-,18-/m0/s1. The molecule has 2 atom stereocenters. The summed E-state index contributed by atoms with van der Waals surface area (Å²) in [6.07, 6.45) is -2.57. The largest absolute Gasteiger partial charge is 0.460 e. The van der Waals surface area contributed by atoms with Crippen LogP contribution in [0.25, 0.3) is 11.1 Å². The topological polar surface area (TPSA) is 26.3 Å². The van der Waals surface area contributed by atoms with Crippen LogP contribution in [0, 0.1) is 23.1 Å². The van der Waals surface area contributed by atoms with Gasteiger partial charge in [0.25, 0.3) is 0 Å². The Morgan fingerprint density at radius 1 is 1.13 bits per heavy atom. The van der Waals surface area contributed by atoms with Crippen molar-refractivity contribution in [1.82, 2.24) is 0 Å². The van der Waals surface area contributed by atoms with Gasteiger partial charge in [-0.3, -0.25) is 4.79 Å². The van der Waals surface area contributed by atoms with Crippen LogP contribution in [0.5, 0.6) is 0 Å². The summed E-state index contributed by atoms with van der Waals surface area (Å²) in [6.45, 7) is 3.65. The third-order valence-corrected chi connectivity index (χ3v) is 5.97. The molecule has 0 amide bonds. The van der Waals surface area contributed by atoms with E-state index in [1.807, 2.05) is 19.9 Å². The van der Waals surface area contributed by atoms with Crippen LogP contribution in [-0.4, -0.2) is 5.97 Å². The van der Waals surface area contributed by atoms with Crippen LogP contribution >= 0.6 is 31.9 Å². The molecule has 0 saturated heterocycles. The molecule has 0 aliphatic heterocycles. The van der Waals surface area contributed by atoms with Gasteiger partial charge in [-0.25, -0.2) is 4.39 Å². The lowest BCUT2D eigenvalue weighted by Gasteiger charge is -2.11. The van der Waals surface area contributed by atoms with Gasteiger partial charge in [-0.15, -0.1) is 0 Å². The summed E-state index contributed by atoms with van der Waals surface area (Å²) >= 11 is 6.58. The molecular weight excluding hydrogens is 532 g/mol. The van der Waals surface area contributed by atoms with E-state index in [9.17, 15) is 22.4 Å². The Kier molecular flexibility index (Phi) is 6.49. The van der Waals surface area contributed by atoms with E-state index in [0.717, 1.165) is 15.5 Å². The molecule has 0 aromatic heterocycles. The van der Waals surface area contributed by atoms with Gasteiger partial charge in [0.05, 0.1) is 14.9 Å². The quantitative estimate of drug-likeness (QED) is 0.286. The molecule has 2 aromatic carbocycles. The molecule has 2 nitrogen and oxygen atoms in total. The minimum Gasteiger partial charge on any atom is -0.460 e. The van der Waals surface area contributed by atoms with E-state index < -0.39 is 23.5 Å². The molecule has 30 heavy (non-hydrogen) atoms. The molecule has 0 radical (unpaired) electrons. The molecule has 1 saturated carbocycles. The lowest BCUT2D eigenvalue weighted by molar-refractivity contribution is -0.147. The number of halogens is 6. The van der Waals surface area contributed by atoms with E-state index in [2.05, 4.69) is 31.9 Å². The highest BCUT2D eigenvalue weighted by Gasteiger charge is 2.61. The van der Waals surface area contributed by atoms with Crippen molar-refractivity contribution in [2.24, 2.45) is 17.3 Å². The van der Waals surface area contributed by atoms with Gasteiger partial charge in [-0.1, -0.05) is 50.3 Å². The number of rotatable bonds is 5. The van der Waals surface area contributed by atoms with Crippen LogP contribution < -0.4 is 0 Å². The van der Waals surface area contributed by atoms with Crippen molar-refractivity contribution >= 4 is 37.8 Å². The fourth-order valence-electron chi connectivity index (χ4n) is 3.57. The van der Waals surface area contributed by atoms with Crippen LogP contribution in [0.1, 0.15) is 25.0 Å². The maximum absolute atomic E-state index is 14.9. The van der Waals surface area contributed by atoms with E-state index in [1.54, 1.807) is 6.07 Å². The predicted octanol–water partition coefficient (Wildman–Crippen LogP) is 7.46. The summed E-state index contributed by atoms with van der Waals surface area (Å²) in [5.74, 6) is -1.37. The van der Waals surface area contributed by atoms with Gasteiger partial charge in [0.2, 0.25) is 0 Å². The molecular formula is C22H18Br2F4O2. The molecule has 0 heterocycles. The first-order valence-corrected chi connectivity index (χ1v) is 10.7. The number of carbonyl (C=O) groups is 1. The molecule has 1 aliphatic carbocycles. The van der Waals surface area contributed by atoms with Crippen molar-refractivity contribution < 1.29 is 27.1 Å². The second-order valence-electron chi connectivity index (χ2n) is 7.74. The molecule has 1 aliphatic rings. The number of alkyl halides is 3. The Labute approximate surface area is 188 Å². The molecule has 0 unspecified atom stereocenters. The summed E-state index contributed by atoms with van der Waals surface area (Å²) in [6, 6.07) is 8.80. The van der Waals surface area contributed by atoms with Crippen LogP contribution in [0.4, 0.5) is 17.6 Å². The molecule has 0 bridgehead atoms. The number of ether oxygens (including phenoxy) is 1. The smallest absolute Gasteiger partial charge is 0.416 e. The Bertz CT molecular complexity index is 978. The lowest BCUT2D eigenvalue weighted by Crippen LogP contribution is -2.11. The molecule has 2 aromatic rings. The average Bonchev–Trinajstić information content (AvgIpc) is 3.19. The Morgan fingerprint density at radius 2 is 1.77 bits per heavy atom. The van der Waals surface area contributed by atoms with Crippen molar-refractivity contribution in [3.8, 4) is 11.1 Å². The van der Waals surface area contributed by atoms with E-state index in [0.29, 0.717) is 5.56 Å². The minimum absolute atomic E-state index is 0.00192. The SMILES string of the molecule is CC1(C)[C@H](C(=O)OCc2cccc(-c3ccc(C(F)(F)F)cc3)c2F)[C@@H]1C=C(Br)Br. The number of benzene rings is 2. The second-order valence-corrected chi connectivity index (χ2v) is 10.5. The molecule has 0 N–H and O–H groups in total. The zero-order chi connectivity index (χ0) is 22.3. The molecule has 1 fully saturated rings. The van der Waals surface area contributed by atoms with Gasteiger partial charge in [-0.2, -0.15) is 13.2 Å². The number of hydrogen-bond donors (Lipinski definition) is 0. The van der Waals surface area contributed by atoms with E-state index >= 15 is 0 Å². The van der Waals surface area contributed by atoms with Gasteiger partial charge >= 0.3 is 12.1 Å². The van der Waals surface area contributed by atoms with Gasteiger partial charge in [0.15, 0.2) is 0 Å². The third kappa shape index (κ3) is 4.80. The van der Waals surface area contributed by atoms with Crippen molar-refractivity contribution in [3.05, 3.63) is 68.9 Å². The zero-order valence-electron chi connectivity index (χ0n) is 16.1. The summed E-state index contributed by atoms with van der Waals surface area (Å²) in [4.78, 5) is 12.5. The summed E-state index contributed by atoms with van der Waals surface area (Å²) in [7, 11) is 0. The minimum atomic E-state index is -4.46. The van der Waals surface area contributed by atoms with Crippen molar-refractivity contribution in [1.29, 1.82) is 0 Å². The zero-order valence-corrected chi connectivity index (χ0v) is 19.2. The normalized spacial score (nSPS) is 19.9. The van der Waals surface area contributed by atoms with Crippen LogP contribution in [0.3, 0.4) is 0 Å². The summed E-state index contributed by atoms with van der Waals surface area (Å²) in [5.41, 5.74) is -0.447. The lowest BCUT2D eigenvalue weighted by atomic mass is 10.0. The second kappa shape index (κ2) is 8.46. The Hall–Kier alpha value is -1.67. The van der Waals surface area contributed by atoms with Gasteiger partial charge in [-0.05, 0) is 60.9 Å². The maximum Gasteiger partial charge on any atom is 0.416 e. The summed E-state index contributed by atoms with van der Waals surface area (Å²) < 4.78 is 59.2. The van der Waals surface area contributed by atoms with Crippen molar-refractivity contribution in [3.63, 3.8) is 0 Å². The number of allylic oxidation sites excluding steroid dienone is 1. The maximum atomic E-state index is 14.9. The molecule has 8 heteroatoms. The fraction of sp³-hybridized carbons (Fsp3) is 0.318. The molecule has 160 valence electrons. The molecule has 3 rings (SSSR count). The fourth-order valence-corrected chi connectivity index (χ4v) is 4.14. The summed E-state index contributed by atoms with van der Waals surface area (Å²) in [5, 5.41) is 0.